The third-order valence-corrected chi connectivity index (χ3v) is 2.18. The second-order valence-corrected chi connectivity index (χ2v) is 2.84. The van der Waals surface area contributed by atoms with E-state index < -0.39 is 0 Å². The zero-order valence-corrected chi connectivity index (χ0v) is 11.4. The van der Waals surface area contributed by atoms with Crippen molar-refractivity contribution in [3.8, 4) is 0 Å². The summed E-state index contributed by atoms with van der Waals surface area (Å²) in [6.45, 7) is 6.55. The molecule has 2 heteroatoms. The van der Waals surface area contributed by atoms with Crippen molar-refractivity contribution in [2.45, 2.75) is 27.2 Å². The van der Waals surface area contributed by atoms with E-state index in [4.69, 9.17) is 0 Å². The zero-order chi connectivity index (χ0) is 7.72. The molecule has 1 nitrogen and oxygen atoms in total. The molecule has 1 heterocycles. The van der Waals surface area contributed by atoms with Crippen LogP contribution >= 0.6 is 0 Å². The fourth-order valence-electron chi connectivity index (χ4n) is 1.50. The van der Waals surface area contributed by atoms with Crippen molar-refractivity contribution in [2.24, 2.45) is 7.05 Å². The third-order valence-electron chi connectivity index (χ3n) is 2.18. The van der Waals surface area contributed by atoms with E-state index >= 15 is 0 Å². The number of nitrogens with zero attached hydrogens (tertiary/aromatic N) is 1. The van der Waals surface area contributed by atoms with Crippen molar-refractivity contribution < 1.29 is 52.8 Å². The normalized spacial score (nSPS) is 9.45. The Bertz CT molecular complexity index is 243. The molecule has 0 N–H and O–H groups in total. The Hall–Kier alpha value is 0.916. The van der Waals surface area contributed by atoms with Crippen LogP contribution in [0.2, 0.25) is 0 Å². The maximum atomic E-state index is 2.20. The summed E-state index contributed by atoms with van der Waals surface area (Å²) in [4.78, 5) is 0. The minimum Gasteiger partial charge on any atom is -1.00 e. The van der Waals surface area contributed by atoms with Crippen LogP contribution in [0.3, 0.4) is 0 Å². The molecular formula is C9H16KN. The minimum absolute atomic E-state index is 0. The average Bonchev–Trinajstić information content (AvgIpc) is 2.09. The Morgan fingerprint density at radius 1 is 1.45 bits per heavy atom. The first-order valence-corrected chi connectivity index (χ1v) is 3.78. The van der Waals surface area contributed by atoms with E-state index in [0.29, 0.717) is 0 Å². The molecule has 0 unspecified atom stereocenters. The summed E-state index contributed by atoms with van der Waals surface area (Å²) in [5.41, 5.74) is 4.32. The maximum absolute atomic E-state index is 2.20. The topological polar surface area (TPSA) is 4.93 Å². The number of aromatic nitrogens is 1. The van der Waals surface area contributed by atoms with Gasteiger partial charge >= 0.3 is 51.4 Å². The van der Waals surface area contributed by atoms with Gasteiger partial charge < -0.3 is 5.99 Å². The van der Waals surface area contributed by atoms with Crippen molar-refractivity contribution in [2.75, 3.05) is 0 Å². The van der Waals surface area contributed by atoms with E-state index in [2.05, 4.69) is 38.6 Å². The van der Waals surface area contributed by atoms with Crippen molar-refractivity contribution >= 4 is 0 Å². The first-order valence-electron chi connectivity index (χ1n) is 3.78. The van der Waals surface area contributed by atoms with Crippen LogP contribution in [0, 0.1) is 13.8 Å². The monoisotopic (exact) mass is 178 g/mol. The van der Waals surface area contributed by atoms with Gasteiger partial charge in [0.15, 0.2) is 0 Å². The average molecular weight is 178 g/mol. The summed E-state index contributed by atoms with van der Waals surface area (Å²) in [5.74, 6) is 0. The second-order valence-electron chi connectivity index (χ2n) is 2.84. The molecule has 1 aromatic heterocycles. The second kappa shape index (κ2) is 4.82. The molecule has 0 amide bonds. The molecular weight excluding hydrogens is 161 g/mol. The fourth-order valence-corrected chi connectivity index (χ4v) is 1.50. The molecule has 0 fully saturated rings. The molecule has 58 valence electrons. The third kappa shape index (κ3) is 2.43. The number of hydrogen-bond donors (Lipinski definition) is 0. The fraction of sp³-hybridized carbons (Fsp3) is 0.556. The molecule has 11 heavy (non-hydrogen) atoms. The van der Waals surface area contributed by atoms with E-state index in [0.717, 1.165) is 6.42 Å². The van der Waals surface area contributed by atoms with Gasteiger partial charge in [-0.25, -0.2) is 0 Å². The molecule has 1 aromatic rings. The Labute approximate surface area is 113 Å². The molecule has 0 aliphatic carbocycles. The molecule has 0 aromatic carbocycles. The van der Waals surface area contributed by atoms with Crippen LogP contribution < -0.4 is 51.4 Å². The molecule has 0 spiro atoms. The van der Waals surface area contributed by atoms with Crippen LogP contribution in [-0.2, 0) is 13.5 Å². The number of aryl methyl sites for hydroxylation is 2. The number of hydrogen-bond acceptors (Lipinski definition) is 0. The first kappa shape index (κ1) is 11.9. The molecule has 1 rings (SSSR count). The van der Waals surface area contributed by atoms with Crippen molar-refractivity contribution in [3.63, 3.8) is 0 Å². The van der Waals surface area contributed by atoms with Gasteiger partial charge in [0.2, 0.25) is 0 Å². The summed E-state index contributed by atoms with van der Waals surface area (Å²) < 4.78 is 2.19. The van der Waals surface area contributed by atoms with Gasteiger partial charge in [0, 0.05) is 18.9 Å². The number of rotatable bonds is 1. The van der Waals surface area contributed by atoms with Gasteiger partial charge in [-0.15, -0.1) is 0 Å². The van der Waals surface area contributed by atoms with Crippen molar-refractivity contribution in [1.29, 1.82) is 0 Å². The summed E-state index contributed by atoms with van der Waals surface area (Å²) in [5, 5.41) is 0. The van der Waals surface area contributed by atoms with E-state index in [-0.39, 0.29) is 52.8 Å². The van der Waals surface area contributed by atoms with Gasteiger partial charge in [0.1, 0.15) is 0 Å². The Morgan fingerprint density at radius 2 is 2.00 bits per heavy atom. The largest absolute Gasteiger partial charge is 1.00 e. The van der Waals surface area contributed by atoms with Gasteiger partial charge in [-0.2, -0.15) is 0 Å². The van der Waals surface area contributed by atoms with Crippen LogP contribution in [0.4, 0.5) is 0 Å². The molecule has 0 aliphatic heterocycles. The predicted octanol–water partition coefficient (Wildman–Crippen LogP) is -0.679. The van der Waals surface area contributed by atoms with Crippen LogP contribution in [-0.4, -0.2) is 4.57 Å². The van der Waals surface area contributed by atoms with Gasteiger partial charge in [-0.1, -0.05) is 6.92 Å². The molecule has 0 bridgehead atoms. The minimum atomic E-state index is 0. The Balaban J connectivity index is 0. The van der Waals surface area contributed by atoms with E-state index in [1.54, 1.807) is 0 Å². The van der Waals surface area contributed by atoms with E-state index in [1.807, 2.05) is 0 Å². The van der Waals surface area contributed by atoms with Crippen LogP contribution in [0.5, 0.6) is 0 Å². The first-order chi connectivity index (χ1) is 4.66. The molecule has 0 saturated heterocycles. The van der Waals surface area contributed by atoms with Crippen molar-refractivity contribution in [3.05, 3.63) is 23.0 Å². The van der Waals surface area contributed by atoms with Gasteiger partial charge in [-0.05, 0) is 31.4 Å². The standard InChI is InChI=1S/C9H15N.K.H/c1-5-9-7(2)6-10(4)8(9)3;;/h6H,5H2,1-4H3;;/q;+1;-1/i;;1+1. The molecule has 0 aliphatic rings. The molecule has 0 atom stereocenters. The van der Waals surface area contributed by atoms with Crippen molar-refractivity contribution in [1.82, 2.24) is 4.57 Å². The Kier molecular flexibility index (Phi) is 5.23. The van der Waals surface area contributed by atoms with Gasteiger partial charge in [-0.3, -0.25) is 0 Å². The molecule has 0 radical (unpaired) electrons. The van der Waals surface area contributed by atoms with E-state index in [1.165, 1.54) is 16.8 Å². The smallest absolute Gasteiger partial charge is 1.00 e. The SMILES string of the molecule is CCc1c(C)cn(C)c1C.[2H-].[K+]. The summed E-state index contributed by atoms with van der Waals surface area (Å²) >= 11 is 0. The molecule has 0 saturated carbocycles. The van der Waals surface area contributed by atoms with Crippen LogP contribution in [0.1, 0.15) is 25.2 Å². The Morgan fingerprint density at radius 3 is 2.18 bits per heavy atom. The van der Waals surface area contributed by atoms with Gasteiger partial charge in [0.05, 0.1) is 0 Å². The summed E-state index contributed by atoms with van der Waals surface area (Å²) in [6, 6.07) is 0. The van der Waals surface area contributed by atoms with Crippen LogP contribution in [0.25, 0.3) is 0 Å². The quantitative estimate of drug-likeness (QED) is 0.502. The zero-order valence-electron chi connectivity index (χ0n) is 9.23. The van der Waals surface area contributed by atoms with Crippen LogP contribution in [0.15, 0.2) is 6.20 Å². The predicted molar refractivity (Wildman–Crippen MR) is 45.4 cm³/mol. The van der Waals surface area contributed by atoms with E-state index in [9.17, 15) is 0 Å². The summed E-state index contributed by atoms with van der Waals surface area (Å²) in [6.07, 6.45) is 3.34. The summed E-state index contributed by atoms with van der Waals surface area (Å²) in [7, 11) is 2.10. The maximum Gasteiger partial charge on any atom is 1.00 e. The van der Waals surface area contributed by atoms with Gasteiger partial charge in [0.25, 0.3) is 0 Å².